The lowest BCUT2D eigenvalue weighted by Gasteiger charge is -2.11. The van der Waals surface area contributed by atoms with Gasteiger partial charge in [-0.25, -0.2) is 9.97 Å². The van der Waals surface area contributed by atoms with E-state index < -0.39 is 0 Å². The molecule has 0 saturated heterocycles. The zero-order chi connectivity index (χ0) is 11.5. The van der Waals surface area contributed by atoms with Crippen LogP contribution in [0.2, 0.25) is 0 Å². The standard InChI is InChI=1S/C13H15N3/c1-9-8-12(14)16-13(15-9)10(2)11-6-4-3-5-7-11/h3-8,10H,1-2H3,(H2,14,15,16). The minimum absolute atomic E-state index is 0.170. The lowest BCUT2D eigenvalue weighted by Crippen LogP contribution is -2.06. The highest BCUT2D eigenvalue weighted by atomic mass is 14.9. The van der Waals surface area contributed by atoms with Crippen LogP contribution in [0.4, 0.5) is 5.82 Å². The van der Waals surface area contributed by atoms with E-state index in [2.05, 4.69) is 29.0 Å². The third-order valence-corrected chi connectivity index (χ3v) is 2.58. The van der Waals surface area contributed by atoms with Crippen LogP contribution in [0.1, 0.15) is 29.9 Å². The normalized spacial score (nSPS) is 12.4. The molecule has 1 atom stereocenters. The fourth-order valence-electron chi connectivity index (χ4n) is 1.70. The third-order valence-electron chi connectivity index (χ3n) is 2.58. The largest absolute Gasteiger partial charge is 0.384 e. The Morgan fingerprint density at radius 3 is 2.44 bits per heavy atom. The highest BCUT2D eigenvalue weighted by Gasteiger charge is 2.11. The monoisotopic (exact) mass is 213 g/mol. The van der Waals surface area contributed by atoms with Gasteiger partial charge in [0.25, 0.3) is 0 Å². The fourth-order valence-corrected chi connectivity index (χ4v) is 1.70. The summed E-state index contributed by atoms with van der Waals surface area (Å²) in [4.78, 5) is 8.70. The number of nitrogen functional groups attached to an aromatic ring is 1. The number of nitrogens with two attached hydrogens (primary N) is 1. The van der Waals surface area contributed by atoms with Crippen molar-refractivity contribution in [1.82, 2.24) is 9.97 Å². The maximum absolute atomic E-state index is 5.72. The molecule has 3 nitrogen and oxygen atoms in total. The van der Waals surface area contributed by atoms with Crippen LogP contribution >= 0.6 is 0 Å². The zero-order valence-electron chi connectivity index (χ0n) is 9.51. The number of rotatable bonds is 2. The highest BCUT2D eigenvalue weighted by Crippen LogP contribution is 2.21. The second-order valence-electron chi connectivity index (χ2n) is 3.92. The summed E-state index contributed by atoms with van der Waals surface area (Å²) >= 11 is 0. The Kier molecular flexibility index (Phi) is 2.86. The van der Waals surface area contributed by atoms with Crippen molar-refractivity contribution in [3.05, 3.63) is 53.5 Å². The van der Waals surface area contributed by atoms with Gasteiger partial charge in [0.2, 0.25) is 0 Å². The van der Waals surface area contributed by atoms with Crippen LogP contribution in [0.5, 0.6) is 0 Å². The zero-order valence-corrected chi connectivity index (χ0v) is 9.51. The number of benzene rings is 1. The number of aryl methyl sites for hydroxylation is 1. The molecule has 82 valence electrons. The summed E-state index contributed by atoms with van der Waals surface area (Å²) < 4.78 is 0. The molecule has 2 N–H and O–H groups in total. The molecule has 0 amide bonds. The Labute approximate surface area is 95.4 Å². The van der Waals surface area contributed by atoms with Crippen molar-refractivity contribution in [2.24, 2.45) is 0 Å². The van der Waals surface area contributed by atoms with Gasteiger partial charge in [-0.2, -0.15) is 0 Å². The molecule has 0 aliphatic rings. The van der Waals surface area contributed by atoms with E-state index >= 15 is 0 Å². The number of anilines is 1. The first kappa shape index (κ1) is 10.6. The SMILES string of the molecule is Cc1cc(N)nc(C(C)c2ccccc2)n1. The predicted octanol–water partition coefficient (Wildman–Crippen LogP) is 2.52. The van der Waals surface area contributed by atoms with Crippen molar-refractivity contribution >= 4 is 5.82 Å². The molecule has 1 unspecified atom stereocenters. The summed E-state index contributed by atoms with van der Waals surface area (Å²) in [7, 11) is 0. The van der Waals surface area contributed by atoms with Gasteiger partial charge >= 0.3 is 0 Å². The van der Waals surface area contributed by atoms with E-state index in [0.29, 0.717) is 5.82 Å². The van der Waals surface area contributed by atoms with Gasteiger partial charge in [0.15, 0.2) is 0 Å². The molecule has 0 aliphatic heterocycles. The van der Waals surface area contributed by atoms with Gasteiger partial charge in [-0.3, -0.25) is 0 Å². The second kappa shape index (κ2) is 4.31. The van der Waals surface area contributed by atoms with Crippen LogP contribution in [-0.2, 0) is 0 Å². The molecule has 0 spiro atoms. The Morgan fingerprint density at radius 2 is 1.81 bits per heavy atom. The van der Waals surface area contributed by atoms with E-state index in [0.717, 1.165) is 11.5 Å². The van der Waals surface area contributed by atoms with Gasteiger partial charge < -0.3 is 5.73 Å². The van der Waals surface area contributed by atoms with E-state index in [4.69, 9.17) is 5.73 Å². The summed E-state index contributed by atoms with van der Waals surface area (Å²) in [5, 5.41) is 0. The van der Waals surface area contributed by atoms with Crippen molar-refractivity contribution in [3.63, 3.8) is 0 Å². The summed E-state index contributed by atoms with van der Waals surface area (Å²) in [6, 6.07) is 12.0. The number of aromatic nitrogens is 2. The van der Waals surface area contributed by atoms with E-state index in [9.17, 15) is 0 Å². The third kappa shape index (κ3) is 2.19. The average Bonchev–Trinajstić information content (AvgIpc) is 2.28. The first-order valence-electron chi connectivity index (χ1n) is 5.33. The number of hydrogen-bond acceptors (Lipinski definition) is 3. The van der Waals surface area contributed by atoms with E-state index in [1.54, 1.807) is 6.07 Å². The molecule has 2 aromatic rings. The van der Waals surface area contributed by atoms with Gasteiger partial charge in [0, 0.05) is 17.7 Å². The molecule has 0 saturated carbocycles. The van der Waals surface area contributed by atoms with Gasteiger partial charge in [0.05, 0.1) is 0 Å². The van der Waals surface area contributed by atoms with Crippen LogP contribution in [0.3, 0.4) is 0 Å². The molecule has 2 rings (SSSR count). The Balaban J connectivity index is 2.37. The molecule has 0 fully saturated rings. The maximum Gasteiger partial charge on any atom is 0.138 e. The fraction of sp³-hybridized carbons (Fsp3) is 0.231. The first-order chi connectivity index (χ1) is 7.66. The lowest BCUT2D eigenvalue weighted by atomic mass is 10.0. The maximum atomic E-state index is 5.72. The van der Waals surface area contributed by atoms with Crippen LogP contribution < -0.4 is 5.73 Å². The van der Waals surface area contributed by atoms with Gasteiger partial charge in [0.1, 0.15) is 11.6 Å². The topological polar surface area (TPSA) is 51.8 Å². The van der Waals surface area contributed by atoms with E-state index in [1.807, 2.05) is 25.1 Å². The lowest BCUT2D eigenvalue weighted by molar-refractivity contribution is 0.809. The van der Waals surface area contributed by atoms with Crippen LogP contribution in [-0.4, -0.2) is 9.97 Å². The highest BCUT2D eigenvalue weighted by molar-refractivity contribution is 5.32. The molecule has 1 aromatic heterocycles. The van der Waals surface area contributed by atoms with Gasteiger partial charge in [-0.15, -0.1) is 0 Å². The molecule has 3 heteroatoms. The number of hydrogen-bond donors (Lipinski definition) is 1. The van der Waals surface area contributed by atoms with Crippen LogP contribution in [0.15, 0.2) is 36.4 Å². The molecule has 16 heavy (non-hydrogen) atoms. The van der Waals surface area contributed by atoms with E-state index in [1.165, 1.54) is 5.56 Å². The molecule has 1 heterocycles. The smallest absolute Gasteiger partial charge is 0.138 e. The molecule has 0 bridgehead atoms. The minimum Gasteiger partial charge on any atom is -0.384 e. The Bertz CT molecular complexity index is 460. The average molecular weight is 213 g/mol. The van der Waals surface area contributed by atoms with Gasteiger partial charge in [-0.05, 0) is 12.5 Å². The van der Waals surface area contributed by atoms with Crippen molar-refractivity contribution in [3.8, 4) is 0 Å². The van der Waals surface area contributed by atoms with E-state index in [-0.39, 0.29) is 5.92 Å². The molecular formula is C13H15N3. The second-order valence-corrected chi connectivity index (χ2v) is 3.92. The summed E-state index contributed by atoms with van der Waals surface area (Å²) in [5.74, 6) is 1.48. The van der Waals surface area contributed by atoms with Crippen molar-refractivity contribution < 1.29 is 0 Å². The minimum atomic E-state index is 0.170. The predicted molar refractivity (Wildman–Crippen MR) is 65.1 cm³/mol. The summed E-state index contributed by atoms with van der Waals surface area (Å²) in [6.45, 7) is 4.02. The summed E-state index contributed by atoms with van der Waals surface area (Å²) in [6.07, 6.45) is 0. The molecule has 1 aromatic carbocycles. The summed E-state index contributed by atoms with van der Waals surface area (Å²) in [5.41, 5.74) is 7.83. The number of nitrogens with zero attached hydrogens (tertiary/aromatic N) is 2. The van der Waals surface area contributed by atoms with Crippen molar-refractivity contribution in [1.29, 1.82) is 0 Å². The quantitative estimate of drug-likeness (QED) is 0.834. The van der Waals surface area contributed by atoms with Crippen LogP contribution in [0.25, 0.3) is 0 Å². The Hall–Kier alpha value is -1.90. The van der Waals surface area contributed by atoms with Crippen LogP contribution in [0, 0.1) is 6.92 Å². The molecule has 0 aliphatic carbocycles. The molecular weight excluding hydrogens is 198 g/mol. The molecule has 0 radical (unpaired) electrons. The van der Waals surface area contributed by atoms with Crippen molar-refractivity contribution in [2.45, 2.75) is 19.8 Å². The van der Waals surface area contributed by atoms with Gasteiger partial charge in [-0.1, -0.05) is 37.3 Å². The first-order valence-corrected chi connectivity index (χ1v) is 5.33. The Morgan fingerprint density at radius 1 is 1.12 bits per heavy atom. The van der Waals surface area contributed by atoms with Crippen molar-refractivity contribution in [2.75, 3.05) is 5.73 Å².